The summed E-state index contributed by atoms with van der Waals surface area (Å²) in [6.45, 7) is 4.99. The molecule has 0 bridgehead atoms. The number of aryl methyl sites for hydroxylation is 2. The second-order valence-corrected chi connectivity index (χ2v) is 9.20. The Labute approximate surface area is 178 Å². The minimum atomic E-state index is -3.61. The van der Waals surface area contributed by atoms with Crippen LogP contribution in [0.1, 0.15) is 24.0 Å². The number of rotatable bonds is 7. The van der Waals surface area contributed by atoms with E-state index in [9.17, 15) is 13.2 Å². The molecule has 30 heavy (non-hydrogen) atoms. The first-order valence-corrected chi connectivity index (χ1v) is 11.4. The van der Waals surface area contributed by atoms with Gasteiger partial charge in [0, 0.05) is 19.1 Å². The first-order chi connectivity index (χ1) is 14.3. The van der Waals surface area contributed by atoms with Gasteiger partial charge < -0.3 is 14.4 Å². The number of hydrogen-bond acceptors (Lipinski definition) is 5. The molecule has 8 heteroatoms. The number of nitrogens with zero attached hydrogens (tertiary/aromatic N) is 1. The van der Waals surface area contributed by atoms with Gasteiger partial charge in [-0.1, -0.05) is 6.07 Å². The van der Waals surface area contributed by atoms with Gasteiger partial charge in [0.1, 0.15) is 11.5 Å². The van der Waals surface area contributed by atoms with Crippen molar-refractivity contribution in [2.45, 2.75) is 37.6 Å². The number of sulfonamides is 1. The Kier molecular flexibility index (Phi) is 6.99. The fourth-order valence-electron chi connectivity index (χ4n) is 3.33. The third-order valence-electron chi connectivity index (χ3n) is 5.38. The lowest BCUT2D eigenvalue weighted by atomic mass is 10.1. The van der Waals surface area contributed by atoms with Crippen LogP contribution in [0.4, 0.5) is 0 Å². The second-order valence-electron chi connectivity index (χ2n) is 7.49. The van der Waals surface area contributed by atoms with Crippen molar-refractivity contribution in [2.24, 2.45) is 0 Å². The fraction of sp³-hybridized carbons (Fsp3) is 0.409. The van der Waals surface area contributed by atoms with Crippen LogP contribution in [0, 0.1) is 13.8 Å². The molecule has 1 fully saturated rings. The average Bonchev–Trinajstić information content (AvgIpc) is 2.74. The number of benzene rings is 2. The predicted octanol–water partition coefficient (Wildman–Crippen LogP) is 2.66. The highest BCUT2D eigenvalue weighted by Crippen LogP contribution is 2.19. The Morgan fingerprint density at radius 2 is 1.67 bits per heavy atom. The van der Waals surface area contributed by atoms with E-state index in [0.29, 0.717) is 37.4 Å². The van der Waals surface area contributed by atoms with Crippen molar-refractivity contribution in [1.82, 2.24) is 9.62 Å². The summed E-state index contributed by atoms with van der Waals surface area (Å²) in [6, 6.07) is 11.8. The van der Waals surface area contributed by atoms with Gasteiger partial charge in [0.15, 0.2) is 6.61 Å². The van der Waals surface area contributed by atoms with Crippen molar-refractivity contribution in [3.63, 3.8) is 0 Å². The summed E-state index contributed by atoms with van der Waals surface area (Å²) < 4.78 is 38.6. The van der Waals surface area contributed by atoms with Crippen LogP contribution in [-0.4, -0.2) is 52.1 Å². The van der Waals surface area contributed by atoms with Crippen LogP contribution >= 0.6 is 0 Å². The van der Waals surface area contributed by atoms with E-state index in [0.717, 1.165) is 5.56 Å². The lowest BCUT2D eigenvalue weighted by molar-refractivity contribution is -0.134. The molecule has 2 aromatic rings. The summed E-state index contributed by atoms with van der Waals surface area (Å²) in [7, 11) is -2.08. The number of methoxy groups -OCH3 is 1. The van der Waals surface area contributed by atoms with Crippen LogP contribution in [0.3, 0.4) is 0 Å². The van der Waals surface area contributed by atoms with Crippen LogP contribution in [0.2, 0.25) is 0 Å². The molecule has 7 nitrogen and oxygen atoms in total. The molecular weight excluding hydrogens is 404 g/mol. The largest absolute Gasteiger partial charge is 0.497 e. The van der Waals surface area contributed by atoms with Crippen molar-refractivity contribution in [3.05, 3.63) is 53.6 Å². The van der Waals surface area contributed by atoms with Gasteiger partial charge in [0.05, 0.1) is 12.0 Å². The molecule has 0 saturated carbocycles. The van der Waals surface area contributed by atoms with Gasteiger partial charge in [0.2, 0.25) is 10.0 Å². The fourth-order valence-corrected chi connectivity index (χ4v) is 4.63. The molecule has 1 saturated heterocycles. The number of carbonyl (C=O) groups excluding carboxylic acids is 1. The summed E-state index contributed by atoms with van der Waals surface area (Å²) in [5, 5.41) is 0. The first-order valence-electron chi connectivity index (χ1n) is 9.93. The summed E-state index contributed by atoms with van der Waals surface area (Å²) in [4.78, 5) is 14.4. The van der Waals surface area contributed by atoms with Crippen molar-refractivity contribution >= 4 is 15.9 Å². The van der Waals surface area contributed by atoms with E-state index in [-0.39, 0.29) is 23.5 Å². The zero-order chi connectivity index (χ0) is 21.7. The predicted molar refractivity (Wildman–Crippen MR) is 114 cm³/mol. The van der Waals surface area contributed by atoms with E-state index >= 15 is 0 Å². The third-order valence-corrected chi connectivity index (χ3v) is 6.92. The zero-order valence-corrected chi connectivity index (χ0v) is 18.4. The highest BCUT2D eigenvalue weighted by Gasteiger charge is 2.27. The van der Waals surface area contributed by atoms with E-state index in [4.69, 9.17) is 9.47 Å². The van der Waals surface area contributed by atoms with E-state index in [1.165, 1.54) is 24.8 Å². The maximum atomic E-state index is 12.6. The number of carbonyl (C=O) groups is 1. The summed E-state index contributed by atoms with van der Waals surface area (Å²) >= 11 is 0. The molecule has 0 unspecified atom stereocenters. The summed E-state index contributed by atoms with van der Waals surface area (Å²) in [5.41, 5.74) is 2.29. The number of piperidine rings is 1. The minimum absolute atomic E-state index is 0.0231. The van der Waals surface area contributed by atoms with Crippen LogP contribution < -0.4 is 14.2 Å². The van der Waals surface area contributed by atoms with Crippen molar-refractivity contribution in [3.8, 4) is 11.5 Å². The molecule has 1 aliphatic heterocycles. The number of hydrogen-bond donors (Lipinski definition) is 1. The molecule has 1 heterocycles. The van der Waals surface area contributed by atoms with E-state index in [2.05, 4.69) is 4.72 Å². The van der Waals surface area contributed by atoms with Crippen molar-refractivity contribution in [1.29, 1.82) is 0 Å². The number of likely N-dealkylation sites (tertiary alicyclic amines) is 1. The normalized spacial score (nSPS) is 15.1. The zero-order valence-electron chi connectivity index (χ0n) is 17.6. The Morgan fingerprint density at radius 1 is 1.03 bits per heavy atom. The number of ether oxygens (including phenoxy) is 2. The summed E-state index contributed by atoms with van der Waals surface area (Å²) in [5.74, 6) is 1.18. The van der Waals surface area contributed by atoms with Crippen molar-refractivity contribution in [2.75, 3.05) is 26.8 Å². The topological polar surface area (TPSA) is 84.9 Å². The van der Waals surface area contributed by atoms with E-state index < -0.39 is 10.0 Å². The van der Waals surface area contributed by atoms with Gasteiger partial charge in [0.25, 0.3) is 5.91 Å². The quantitative estimate of drug-likeness (QED) is 0.727. The molecule has 1 amide bonds. The van der Waals surface area contributed by atoms with Gasteiger partial charge in [-0.15, -0.1) is 0 Å². The molecule has 2 aromatic carbocycles. The Morgan fingerprint density at radius 3 is 2.27 bits per heavy atom. The summed E-state index contributed by atoms with van der Waals surface area (Å²) in [6.07, 6.45) is 1.12. The van der Waals surface area contributed by atoms with Crippen LogP contribution in [-0.2, 0) is 14.8 Å². The maximum absolute atomic E-state index is 12.6. The maximum Gasteiger partial charge on any atom is 0.260 e. The van der Waals surface area contributed by atoms with Gasteiger partial charge in [-0.3, -0.25) is 4.79 Å². The lowest BCUT2D eigenvalue weighted by Crippen LogP contribution is -2.47. The van der Waals surface area contributed by atoms with E-state index in [1.807, 2.05) is 32.0 Å². The molecule has 0 spiro atoms. The first kappa shape index (κ1) is 22.1. The molecule has 0 radical (unpaired) electrons. The van der Waals surface area contributed by atoms with Gasteiger partial charge in [-0.25, -0.2) is 13.1 Å². The van der Waals surface area contributed by atoms with Crippen molar-refractivity contribution < 1.29 is 22.7 Å². The number of nitrogens with one attached hydrogen (secondary N) is 1. The molecular formula is C22H28N2O5S. The smallest absolute Gasteiger partial charge is 0.260 e. The second kappa shape index (κ2) is 9.49. The van der Waals surface area contributed by atoms with Gasteiger partial charge in [-0.2, -0.15) is 0 Å². The SMILES string of the molecule is COc1ccc(S(=O)(=O)NC2CCN(C(=O)COc3ccc(C)c(C)c3)CC2)cc1. The third kappa shape index (κ3) is 5.52. The molecule has 162 valence electrons. The molecule has 0 atom stereocenters. The van der Waals surface area contributed by atoms with Gasteiger partial charge in [-0.05, 0) is 74.2 Å². The minimum Gasteiger partial charge on any atom is -0.497 e. The standard InChI is InChI=1S/C22H28N2O5S/c1-16-4-5-20(14-17(16)2)29-15-22(25)24-12-10-18(11-13-24)23-30(26,27)21-8-6-19(28-3)7-9-21/h4-9,14,18,23H,10-13,15H2,1-3H3. The highest BCUT2D eigenvalue weighted by atomic mass is 32.2. The Balaban J connectivity index is 1.48. The van der Waals surface area contributed by atoms with E-state index in [1.54, 1.807) is 17.0 Å². The molecule has 3 rings (SSSR count). The highest BCUT2D eigenvalue weighted by molar-refractivity contribution is 7.89. The monoisotopic (exact) mass is 432 g/mol. The average molecular weight is 433 g/mol. The molecule has 0 aliphatic carbocycles. The number of amides is 1. The van der Waals surface area contributed by atoms with Crippen LogP contribution in [0.5, 0.6) is 11.5 Å². The Bertz CT molecular complexity index is 981. The van der Waals surface area contributed by atoms with Crippen LogP contribution in [0.15, 0.2) is 47.4 Å². The lowest BCUT2D eigenvalue weighted by Gasteiger charge is -2.32. The molecule has 1 N–H and O–H groups in total. The Hall–Kier alpha value is -2.58. The van der Waals surface area contributed by atoms with Gasteiger partial charge >= 0.3 is 0 Å². The molecule has 0 aromatic heterocycles. The van der Waals surface area contributed by atoms with Crippen LogP contribution in [0.25, 0.3) is 0 Å². The molecule has 1 aliphatic rings.